The Morgan fingerprint density at radius 2 is 1.25 bits per heavy atom. The van der Waals surface area contributed by atoms with E-state index in [0.717, 1.165) is 0 Å². The lowest BCUT2D eigenvalue weighted by molar-refractivity contribution is 0.317. The molecule has 4 heteroatoms. The molecule has 2 aliphatic rings. The van der Waals surface area contributed by atoms with Crippen molar-refractivity contribution in [1.82, 2.24) is 19.8 Å². The molecule has 0 aromatic carbocycles. The van der Waals surface area contributed by atoms with Crippen LogP contribution in [0.4, 0.5) is 0 Å². The molecule has 0 aliphatic carbocycles. The van der Waals surface area contributed by atoms with Crippen molar-refractivity contribution in [3.8, 4) is 0 Å². The molecule has 24 heavy (non-hydrogen) atoms. The van der Waals surface area contributed by atoms with Gasteiger partial charge in [-0.05, 0) is 76.1 Å². The second-order valence-corrected chi connectivity index (χ2v) is 6.85. The number of likely N-dealkylation sites (tertiary alicyclic amines) is 2. The van der Waals surface area contributed by atoms with E-state index < -0.39 is 0 Å². The van der Waals surface area contributed by atoms with E-state index in [9.17, 15) is 0 Å². The van der Waals surface area contributed by atoms with E-state index >= 15 is 0 Å². The Morgan fingerprint density at radius 1 is 0.792 bits per heavy atom. The molecule has 128 valence electrons. The standard InChI is InChI=1S/2C10H14N2/c2*1-12-7-3-5-10(12)9-4-2-6-11-8-9/h2*2,4,6,8,10H,3,5,7H2,1H3/t10-;/m0./s1. The smallest absolute Gasteiger partial charge is 0.0360 e. The summed E-state index contributed by atoms with van der Waals surface area (Å²) in [5.74, 6) is 0. The van der Waals surface area contributed by atoms with Crippen LogP contribution in [0.25, 0.3) is 0 Å². The van der Waals surface area contributed by atoms with Gasteiger partial charge in [0.2, 0.25) is 0 Å². The molecule has 0 amide bonds. The third kappa shape index (κ3) is 4.19. The highest BCUT2D eigenvalue weighted by Crippen LogP contribution is 2.30. The number of aromatic nitrogens is 2. The van der Waals surface area contributed by atoms with Crippen LogP contribution in [-0.2, 0) is 0 Å². The minimum absolute atomic E-state index is 0.610. The summed E-state index contributed by atoms with van der Waals surface area (Å²) in [5, 5.41) is 0. The van der Waals surface area contributed by atoms with Crippen LogP contribution in [0.2, 0.25) is 0 Å². The first-order chi connectivity index (χ1) is 11.8. The lowest BCUT2D eigenvalue weighted by atomic mass is 10.1. The highest BCUT2D eigenvalue weighted by Gasteiger charge is 2.22. The molecule has 0 radical (unpaired) electrons. The van der Waals surface area contributed by atoms with Crippen molar-refractivity contribution < 1.29 is 0 Å². The molecular formula is C20H28N4. The minimum atomic E-state index is 0.610. The van der Waals surface area contributed by atoms with Gasteiger partial charge >= 0.3 is 0 Å². The fourth-order valence-electron chi connectivity index (χ4n) is 3.81. The van der Waals surface area contributed by atoms with Crippen LogP contribution in [0.15, 0.2) is 49.1 Å². The average Bonchev–Trinajstić information content (AvgIpc) is 3.25. The molecule has 2 fully saturated rings. The Bertz CT molecular complexity index is 546. The van der Waals surface area contributed by atoms with Crippen LogP contribution in [0.3, 0.4) is 0 Å². The predicted molar refractivity (Wildman–Crippen MR) is 97.7 cm³/mol. The molecule has 0 spiro atoms. The topological polar surface area (TPSA) is 32.3 Å². The van der Waals surface area contributed by atoms with Gasteiger partial charge in [0.15, 0.2) is 0 Å². The predicted octanol–water partition coefficient (Wildman–Crippen LogP) is 3.70. The number of hydrogen-bond acceptors (Lipinski definition) is 4. The minimum Gasteiger partial charge on any atom is -0.299 e. The molecule has 2 aromatic heterocycles. The molecule has 2 aromatic rings. The van der Waals surface area contributed by atoms with Gasteiger partial charge in [0, 0.05) is 36.9 Å². The van der Waals surface area contributed by atoms with E-state index in [0.29, 0.717) is 12.1 Å². The van der Waals surface area contributed by atoms with Crippen molar-refractivity contribution in [3.63, 3.8) is 0 Å². The first kappa shape index (κ1) is 17.1. The van der Waals surface area contributed by atoms with Gasteiger partial charge in [0.1, 0.15) is 0 Å². The second-order valence-electron chi connectivity index (χ2n) is 6.85. The van der Waals surface area contributed by atoms with E-state index in [2.05, 4.69) is 46.0 Å². The van der Waals surface area contributed by atoms with Gasteiger partial charge < -0.3 is 0 Å². The Morgan fingerprint density at radius 3 is 1.54 bits per heavy atom. The molecule has 0 N–H and O–H groups in total. The van der Waals surface area contributed by atoms with Gasteiger partial charge in [-0.15, -0.1) is 0 Å². The third-order valence-electron chi connectivity index (χ3n) is 5.18. The molecule has 2 atom stereocenters. The second kappa shape index (κ2) is 8.36. The van der Waals surface area contributed by atoms with Crippen molar-refractivity contribution in [2.24, 2.45) is 0 Å². The summed E-state index contributed by atoms with van der Waals surface area (Å²) in [6.07, 6.45) is 12.8. The number of nitrogens with zero attached hydrogens (tertiary/aromatic N) is 4. The summed E-state index contributed by atoms with van der Waals surface area (Å²) in [6.45, 7) is 2.44. The van der Waals surface area contributed by atoms with E-state index in [1.54, 1.807) is 0 Å². The average molecular weight is 324 g/mol. The molecular weight excluding hydrogens is 296 g/mol. The lowest BCUT2D eigenvalue weighted by Crippen LogP contribution is -2.17. The first-order valence-electron chi connectivity index (χ1n) is 8.96. The SMILES string of the molecule is CN1CCCC1c1cccnc1.CN1CCC[C@H]1c1cccnc1. The summed E-state index contributed by atoms with van der Waals surface area (Å²) in [7, 11) is 4.37. The van der Waals surface area contributed by atoms with Crippen LogP contribution in [0.1, 0.15) is 48.9 Å². The first-order valence-corrected chi connectivity index (χ1v) is 8.96. The Kier molecular flexibility index (Phi) is 5.94. The Hall–Kier alpha value is -1.78. The fraction of sp³-hybridized carbons (Fsp3) is 0.500. The van der Waals surface area contributed by atoms with Gasteiger partial charge in [-0.2, -0.15) is 0 Å². The Labute approximate surface area is 145 Å². The fourth-order valence-corrected chi connectivity index (χ4v) is 3.81. The van der Waals surface area contributed by atoms with Crippen molar-refractivity contribution >= 4 is 0 Å². The van der Waals surface area contributed by atoms with Gasteiger partial charge in [0.25, 0.3) is 0 Å². The largest absolute Gasteiger partial charge is 0.299 e. The molecule has 4 nitrogen and oxygen atoms in total. The summed E-state index contributed by atoms with van der Waals surface area (Å²) in [5.41, 5.74) is 2.72. The number of rotatable bonds is 2. The third-order valence-corrected chi connectivity index (χ3v) is 5.18. The van der Waals surface area contributed by atoms with Crippen LogP contribution in [0.5, 0.6) is 0 Å². The van der Waals surface area contributed by atoms with Gasteiger partial charge in [0.05, 0.1) is 0 Å². The van der Waals surface area contributed by atoms with Crippen molar-refractivity contribution in [2.45, 2.75) is 37.8 Å². The van der Waals surface area contributed by atoms with Gasteiger partial charge in [-0.1, -0.05) is 12.1 Å². The Balaban J connectivity index is 0.000000141. The monoisotopic (exact) mass is 324 g/mol. The normalized spacial score (nSPS) is 24.6. The molecule has 2 saturated heterocycles. The number of hydrogen-bond donors (Lipinski definition) is 0. The van der Waals surface area contributed by atoms with E-state index in [1.807, 2.05) is 36.9 Å². The molecule has 4 rings (SSSR count). The van der Waals surface area contributed by atoms with Crippen LogP contribution < -0.4 is 0 Å². The van der Waals surface area contributed by atoms with Crippen molar-refractivity contribution in [1.29, 1.82) is 0 Å². The zero-order valence-electron chi connectivity index (χ0n) is 14.8. The van der Waals surface area contributed by atoms with E-state index in [4.69, 9.17) is 0 Å². The highest BCUT2D eigenvalue weighted by molar-refractivity contribution is 5.15. The molecule has 0 saturated carbocycles. The summed E-state index contributed by atoms with van der Waals surface area (Å²) in [6, 6.07) is 9.58. The maximum Gasteiger partial charge on any atom is 0.0360 e. The summed E-state index contributed by atoms with van der Waals surface area (Å²) in [4.78, 5) is 13.1. The van der Waals surface area contributed by atoms with Crippen molar-refractivity contribution in [2.75, 3.05) is 27.2 Å². The summed E-state index contributed by atoms with van der Waals surface area (Å²) >= 11 is 0. The van der Waals surface area contributed by atoms with E-state index in [1.165, 1.54) is 49.9 Å². The van der Waals surface area contributed by atoms with Crippen LogP contribution in [0, 0.1) is 0 Å². The highest BCUT2D eigenvalue weighted by atomic mass is 15.1. The van der Waals surface area contributed by atoms with E-state index in [-0.39, 0.29) is 0 Å². The van der Waals surface area contributed by atoms with Gasteiger partial charge in [-0.25, -0.2) is 0 Å². The summed E-state index contributed by atoms with van der Waals surface area (Å²) < 4.78 is 0. The molecule has 4 heterocycles. The maximum atomic E-state index is 4.14. The molecule has 2 aliphatic heterocycles. The molecule has 0 bridgehead atoms. The van der Waals surface area contributed by atoms with Crippen LogP contribution in [-0.4, -0.2) is 47.0 Å². The number of pyridine rings is 2. The zero-order valence-corrected chi connectivity index (χ0v) is 14.8. The van der Waals surface area contributed by atoms with Gasteiger partial charge in [-0.3, -0.25) is 19.8 Å². The molecule has 1 unspecified atom stereocenters. The zero-order chi connectivity index (χ0) is 16.8. The lowest BCUT2D eigenvalue weighted by Gasteiger charge is -2.18. The maximum absolute atomic E-state index is 4.14. The van der Waals surface area contributed by atoms with Crippen molar-refractivity contribution in [3.05, 3.63) is 60.2 Å². The quantitative estimate of drug-likeness (QED) is 0.843. The van der Waals surface area contributed by atoms with Crippen LogP contribution >= 0.6 is 0 Å².